The molecule has 9 heteroatoms. The molecule has 0 saturated carbocycles. The molecule has 9 nitrogen and oxygen atoms in total. The molecule has 3 heterocycles. The van der Waals surface area contributed by atoms with E-state index in [0.29, 0.717) is 18.8 Å². The van der Waals surface area contributed by atoms with Gasteiger partial charge in [-0.2, -0.15) is 5.10 Å². The lowest BCUT2D eigenvalue weighted by molar-refractivity contribution is 0.391. The Morgan fingerprint density at radius 3 is 2.46 bits per heavy atom. The van der Waals surface area contributed by atoms with Crippen LogP contribution in [0.3, 0.4) is 0 Å². The van der Waals surface area contributed by atoms with Crippen molar-refractivity contribution in [2.75, 3.05) is 0 Å². The Balaban J connectivity index is 1.69. The predicted octanol–water partition coefficient (Wildman–Crippen LogP) is 1.24. The van der Waals surface area contributed by atoms with Crippen molar-refractivity contribution < 1.29 is 4.52 Å². The maximum atomic E-state index is 12.9. The van der Waals surface area contributed by atoms with Crippen LogP contribution in [0.1, 0.15) is 22.6 Å². The van der Waals surface area contributed by atoms with Crippen LogP contribution in [0.2, 0.25) is 0 Å². The maximum absolute atomic E-state index is 12.9. The lowest BCUT2D eigenvalue weighted by atomic mass is 10.2. The number of hydrogen-bond donors (Lipinski definition) is 0. The summed E-state index contributed by atoms with van der Waals surface area (Å²) in [5.74, 6) is 0.719. The Bertz CT molecular complexity index is 1220. The molecule has 0 fully saturated rings. The van der Waals surface area contributed by atoms with Gasteiger partial charge in [-0.15, -0.1) is 0 Å². The molecule has 0 N–H and O–H groups in total. The highest BCUT2D eigenvalue weighted by molar-refractivity contribution is 5.27. The summed E-state index contributed by atoms with van der Waals surface area (Å²) >= 11 is 0. The zero-order valence-electron chi connectivity index (χ0n) is 15.9. The van der Waals surface area contributed by atoms with Gasteiger partial charge in [0.15, 0.2) is 0 Å². The van der Waals surface area contributed by atoms with Crippen molar-refractivity contribution in [2.45, 2.75) is 26.9 Å². The molecular formula is C19H20N6O3. The third-order valence-corrected chi connectivity index (χ3v) is 4.80. The summed E-state index contributed by atoms with van der Waals surface area (Å²) in [5.41, 5.74) is 2.25. The third-order valence-electron chi connectivity index (χ3n) is 4.80. The summed E-state index contributed by atoms with van der Waals surface area (Å²) in [6.07, 6.45) is 3.18. The molecule has 0 radical (unpaired) electrons. The van der Waals surface area contributed by atoms with Gasteiger partial charge in [0.25, 0.3) is 0 Å². The van der Waals surface area contributed by atoms with Gasteiger partial charge in [0.2, 0.25) is 0 Å². The minimum absolute atomic E-state index is 0.311. The minimum atomic E-state index is -0.419. The van der Waals surface area contributed by atoms with Crippen LogP contribution in [0.15, 0.2) is 56.8 Å². The molecule has 1 aromatic carbocycles. The summed E-state index contributed by atoms with van der Waals surface area (Å²) in [7, 11) is 1.58. The first-order chi connectivity index (χ1) is 13.5. The van der Waals surface area contributed by atoms with Gasteiger partial charge in [-0.3, -0.25) is 4.68 Å². The van der Waals surface area contributed by atoms with E-state index in [2.05, 4.69) is 10.3 Å². The Morgan fingerprint density at radius 2 is 1.79 bits per heavy atom. The van der Waals surface area contributed by atoms with Crippen LogP contribution in [0.4, 0.5) is 0 Å². The molecule has 4 rings (SSSR count). The fourth-order valence-corrected chi connectivity index (χ4v) is 3.17. The van der Waals surface area contributed by atoms with Gasteiger partial charge in [0, 0.05) is 18.8 Å². The van der Waals surface area contributed by atoms with Crippen molar-refractivity contribution in [1.82, 2.24) is 28.9 Å². The van der Waals surface area contributed by atoms with Gasteiger partial charge in [-0.1, -0.05) is 35.5 Å². The number of aryl methyl sites for hydroxylation is 2. The molecule has 28 heavy (non-hydrogen) atoms. The molecule has 0 saturated heterocycles. The van der Waals surface area contributed by atoms with Gasteiger partial charge >= 0.3 is 11.4 Å². The van der Waals surface area contributed by atoms with Crippen LogP contribution < -0.4 is 11.4 Å². The highest BCUT2D eigenvalue weighted by Crippen LogP contribution is 2.14. The van der Waals surface area contributed by atoms with E-state index in [1.807, 2.05) is 44.2 Å². The topological polar surface area (TPSA) is 92.8 Å². The normalized spacial score (nSPS) is 11.2. The first kappa shape index (κ1) is 17.8. The summed E-state index contributed by atoms with van der Waals surface area (Å²) in [6.45, 7) is 4.45. The zero-order valence-corrected chi connectivity index (χ0v) is 15.9. The lowest BCUT2D eigenvalue weighted by Crippen LogP contribution is -2.27. The highest BCUT2D eigenvalue weighted by Gasteiger charge is 2.17. The van der Waals surface area contributed by atoms with Gasteiger partial charge in [0.05, 0.1) is 30.7 Å². The van der Waals surface area contributed by atoms with Crippen LogP contribution in [0.25, 0.3) is 5.69 Å². The number of hydrogen-bond acceptors (Lipinski definition) is 5. The van der Waals surface area contributed by atoms with E-state index >= 15 is 0 Å². The fourth-order valence-electron chi connectivity index (χ4n) is 3.17. The molecule has 0 aliphatic heterocycles. The van der Waals surface area contributed by atoms with Gasteiger partial charge in [0.1, 0.15) is 5.76 Å². The average Bonchev–Trinajstić information content (AvgIpc) is 3.33. The first-order valence-corrected chi connectivity index (χ1v) is 8.83. The van der Waals surface area contributed by atoms with E-state index in [4.69, 9.17) is 4.52 Å². The summed E-state index contributed by atoms with van der Waals surface area (Å²) < 4.78 is 10.7. The molecule has 0 aliphatic carbocycles. The summed E-state index contributed by atoms with van der Waals surface area (Å²) in [5, 5.41) is 8.22. The molecule has 0 bridgehead atoms. The van der Waals surface area contributed by atoms with Crippen molar-refractivity contribution in [3.8, 4) is 5.69 Å². The van der Waals surface area contributed by atoms with E-state index in [0.717, 1.165) is 27.1 Å². The second-order valence-electron chi connectivity index (χ2n) is 6.67. The minimum Gasteiger partial charge on any atom is -0.361 e. The molecule has 0 spiro atoms. The van der Waals surface area contributed by atoms with Gasteiger partial charge < -0.3 is 4.52 Å². The second kappa shape index (κ2) is 6.84. The Hall–Kier alpha value is -3.62. The second-order valence-corrected chi connectivity index (χ2v) is 6.67. The fraction of sp³-hybridized carbons (Fsp3) is 0.263. The van der Waals surface area contributed by atoms with Gasteiger partial charge in [-0.05, 0) is 19.4 Å². The largest absolute Gasteiger partial charge is 0.361 e. The van der Waals surface area contributed by atoms with E-state index in [1.54, 1.807) is 17.9 Å². The standard InChI is InChI=1S/C19H20N6O3/c1-13-17(14(2)28-21-13)12-23-11-16(9-20-23)25-18(26)22(3)24(19(25)27)10-15-7-5-4-6-8-15/h4-9,11H,10,12H2,1-3H3. The zero-order chi connectivity index (χ0) is 19.8. The monoisotopic (exact) mass is 380 g/mol. The SMILES string of the molecule is Cc1noc(C)c1Cn1cc(-n2c(=O)n(C)n(Cc3ccccc3)c2=O)cn1. The maximum Gasteiger partial charge on any atom is 0.352 e. The van der Waals surface area contributed by atoms with E-state index in [1.165, 1.54) is 15.6 Å². The van der Waals surface area contributed by atoms with Crippen LogP contribution >= 0.6 is 0 Å². The molecule has 144 valence electrons. The smallest absolute Gasteiger partial charge is 0.352 e. The molecule has 0 unspecified atom stereocenters. The van der Waals surface area contributed by atoms with E-state index < -0.39 is 11.4 Å². The Kier molecular flexibility index (Phi) is 4.34. The van der Waals surface area contributed by atoms with Crippen molar-refractivity contribution in [3.63, 3.8) is 0 Å². The Morgan fingerprint density at radius 1 is 1.04 bits per heavy atom. The van der Waals surface area contributed by atoms with Crippen LogP contribution in [0.5, 0.6) is 0 Å². The van der Waals surface area contributed by atoms with Crippen molar-refractivity contribution in [2.24, 2.45) is 7.05 Å². The third kappa shape index (κ3) is 3.00. The molecule has 0 amide bonds. The first-order valence-electron chi connectivity index (χ1n) is 8.83. The molecule has 0 aliphatic rings. The number of nitrogens with zero attached hydrogens (tertiary/aromatic N) is 6. The quantitative estimate of drug-likeness (QED) is 0.519. The average molecular weight is 380 g/mol. The highest BCUT2D eigenvalue weighted by atomic mass is 16.5. The number of benzene rings is 1. The van der Waals surface area contributed by atoms with Crippen molar-refractivity contribution in [3.05, 3.63) is 86.3 Å². The molecular weight excluding hydrogens is 360 g/mol. The summed E-state index contributed by atoms with van der Waals surface area (Å²) in [6, 6.07) is 9.53. The van der Waals surface area contributed by atoms with Crippen molar-refractivity contribution in [1.29, 1.82) is 0 Å². The predicted molar refractivity (Wildman–Crippen MR) is 102 cm³/mol. The van der Waals surface area contributed by atoms with Crippen LogP contribution in [0, 0.1) is 13.8 Å². The lowest BCUT2D eigenvalue weighted by Gasteiger charge is -2.04. The molecule has 3 aromatic heterocycles. The number of aromatic nitrogens is 6. The number of rotatable bonds is 5. The van der Waals surface area contributed by atoms with E-state index in [9.17, 15) is 9.59 Å². The summed E-state index contributed by atoms with van der Waals surface area (Å²) in [4.78, 5) is 25.6. The van der Waals surface area contributed by atoms with Gasteiger partial charge in [-0.25, -0.2) is 23.5 Å². The molecule has 4 aromatic rings. The van der Waals surface area contributed by atoms with Crippen LogP contribution in [-0.4, -0.2) is 28.9 Å². The van der Waals surface area contributed by atoms with Crippen molar-refractivity contribution >= 4 is 0 Å². The Labute approximate surface area is 160 Å². The van der Waals surface area contributed by atoms with Crippen LogP contribution in [-0.2, 0) is 20.1 Å². The van der Waals surface area contributed by atoms with E-state index in [-0.39, 0.29) is 0 Å². The molecule has 0 atom stereocenters.